The summed E-state index contributed by atoms with van der Waals surface area (Å²) >= 11 is 12.2. The molecule has 32 heavy (non-hydrogen) atoms. The van der Waals surface area contributed by atoms with E-state index in [0.717, 1.165) is 23.4 Å². The Balaban J connectivity index is 1.78. The van der Waals surface area contributed by atoms with Gasteiger partial charge >= 0.3 is 6.01 Å². The maximum atomic E-state index is 12.4. The minimum Gasteiger partial charge on any atom is -0.466 e. The van der Waals surface area contributed by atoms with E-state index < -0.39 is 0 Å². The van der Waals surface area contributed by atoms with E-state index in [0.29, 0.717) is 28.2 Å². The van der Waals surface area contributed by atoms with Gasteiger partial charge in [0.1, 0.15) is 0 Å². The zero-order valence-corrected chi connectivity index (χ0v) is 20.5. The fraction of sp³-hybridized carbons (Fsp3) is 0.375. The number of halogens is 2. The number of amides is 1. The molecule has 1 heterocycles. The van der Waals surface area contributed by atoms with Crippen LogP contribution >= 0.6 is 23.2 Å². The SMILES string of the molecule is COc1nc(-c2ccc(Cl)c(Cl)c2)n(-c2ccc(NC(=O)CC(C)CC(C)(C)C)cc2)n1. The van der Waals surface area contributed by atoms with Crippen LogP contribution in [0.4, 0.5) is 5.69 Å². The summed E-state index contributed by atoms with van der Waals surface area (Å²) in [6, 6.07) is 12.9. The van der Waals surface area contributed by atoms with E-state index in [4.69, 9.17) is 27.9 Å². The lowest BCUT2D eigenvalue weighted by atomic mass is 9.84. The van der Waals surface area contributed by atoms with Crippen molar-refractivity contribution in [2.24, 2.45) is 11.3 Å². The van der Waals surface area contributed by atoms with E-state index in [1.165, 1.54) is 7.11 Å². The Hall–Kier alpha value is -2.57. The van der Waals surface area contributed by atoms with E-state index in [9.17, 15) is 4.79 Å². The van der Waals surface area contributed by atoms with E-state index in [1.54, 1.807) is 16.8 Å². The molecule has 0 spiro atoms. The van der Waals surface area contributed by atoms with Crippen LogP contribution in [0.5, 0.6) is 6.01 Å². The number of nitrogens with zero attached hydrogens (tertiary/aromatic N) is 3. The summed E-state index contributed by atoms with van der Waals surface area (Å²) < 4.78 is 6.88. The largest absolute Gasteiger partial charge is 0.466 e. The molecule has 3 aromatic rings. The van der Waals surface area contributed by atoms with Gasteiger partial charge in [0.05, 0.1) is 22.8 Å². The van der Waals surface area contributed by atoms with Gasteiger partial charge in [-0.3, -0.25) is 4.79 Å². The van der Waals surface area contributed by atoms with Crippen molar-refractivity contribution in [1.29, 1.82) is 0 Å². The molecule has 1 atom stereocenters. The molecule has 2 aromatic carbocycles. The predicted molar refractivity (Wildman–Crippen MR) is 130 cm³/mol. The molecule has 0 aliphatic rings. The van der Waals surface area contributed by atoms with Gasteiger partial charge in [-0.25, -0.2) is 4.68 Å². The van der Waals surface area contributed by atoms with Gasteiger partial charge in [0.25, 0.3) is 0 Å². The standard InChI is InChI=1S/C24H28Cl2N4O2/c1-15(14-24(2,3)4)12-21(31)27-17-7-9-18(10-8-17)30-22(28-23(29-30)32-5)16-6-11-19(25)20(26)13-16/h6-11,13,15H,12,14H2,1-5H3,(H,27,31). The van der Waals surface area contributed by atoms with Crippen LogP contribution in [0.25, 0.3) is 17.1 Å². The van der Waals surface area contributed by atoms with Crippen LogP contribution in [0.1, 0.15) is 40.5 Å². The number of benzene rings is 2. The molecule has 170 valence electrons. The molecule has 1 unspecified atom stereocenters. The Morgan fingerprint density at radius 1 is 1.12 bits per heavy atom. The van der Waals surface area contributed by atoms with Crippen molar-refractivity contribution in [3.63, 3.8) is 0 Å². The van der Waals surface area contributed by atoms with E-state index in [-0.39, 0.29) is 17.3 Å². The first kappa shape index (κ1) is 24.1. The molecule has 0 radical (unpaired) electrons. The highest BCUT2D eigenvalue weighted by Gasteiger charge is 2.18. The summed E-state index contributed by atoms with van der Waals surface area (Å²) in [6.07, 6.45) is 1.48. The quantitative estimate of drug-likeness (QED) is 0.415. The van der Waals surface area contributed by atoms with E-state index in [1.807, 2.05) is 30.3 Å². The topological polar surface area (TPSA) is 69.0 Å². The summed E-state index contributed by atoms with van der Waals surface area (Å²) in [6.45, 7) is 8.67. The van der Waals surface area contributed by atoms with Crippen molar-refractivity contribution < 1.29 is 9.53 Å². The van der Waals surface area contributed by atoms with Crippen molar-refractivity contribution in [3.05, 3.63) is 52.5 Å². The maximum absolute atomic E-state index is 12.4. The molecule has 0 aliphatic carbocycles. The average molecular weight is 475 g/mol. The summed E-state index contributed by atoms with van der Waals surface area (Å²) in [5, 5.41) is 8.27. The number of nitrogens with one attached hydrogen (secondary N) is 1. The van der Waals surface area contributed by atoms with Crippen LogP contribution in [0.3, 0.4) is 0 Å². The molecule has 3 rings (SSSR count). The lowest BCUT2D eigenvalue weighted by molar-refractivity contribution is -0.117. The molecule has 8 heteroatoms. The number of anilines is 1. The molecule has 0 saturated heterocycles. The third-order valence-corrected chi connectivity index (χ3v) is 5.58. The highest BCUT2D eigenvalue weighted by molar-refractivity contribution is 6.42. The summed E-state index contributed by atoms with van der Waals surface area (Å²) in [4.78, 5) is 16.9. The molecule has 1 N–H and O–H groups in total. The van der Waals surface area contributed by atoms with Crippen LogP contribution < -0.4 is 10.1 Å². The van der Waals surface area contributed by atoms with Crippen LogP contribution in [-0.2, 0) is 4.79 Å². The third-order valence-electron chi connectivity index (χ3n) is 4.84. The summed E-state index contributed by atoms with van der Waals surface area (Å²) in [5.41, 5.74) is 2.44. The van der Waals surface area contributed by atoms with Crippen LogP contribution in [0.15, 0.2) is 42.5 Å². The summed E-state index contributed by atoms with van der Waals surface area (Å²) in [5.74, 6) is 0.882. The van der Waals surface area contributed by atoms with Crippen molar-refractivity contribution in [2.75, 3.05) is 12.4 Å². The van der Waals surface area contributed by atoms with E-state index >= 15 is 0 Å². The normalized spacial score (nSPS) is 12.5. The number of hydrogen-bond acceptors (Lipinski definition) is 4. The van der Waals surface area contributed by atoms with Crippen molar-refractivity contribution >= 4 is 34.8 Å². The molecule has 0 fully saturated rings. The van der Waals surface area contributed by atoms with Gasteiger partial charge in [-0.05, 0) is 60.2 Å². The highest BCUT2D eigenvalue weighted by Crippen LogP contribution is 2.30. The Bertz CT molecular complexity index is 1090. The smallest absolute Gasteiger partial charge is 0.336 e. The number of methoxy groups -OCH3 is 1. The van der Waals surface area contributed by atoms with Gasteiger partial charge in [0.15, 0.2) is 5.82 Å². The number of ether oxygens (including phenoxy) is 1. The predicted octanol–water partition coefficient (Wildman–Crippen LogP) is 6.65. The first-order chi connectivity index (χ1) is 15.1. The lowest BCUT2D eigenvalue weighted by Crippen LogP contribution is -2.18. The fourth-order valence-electron chi connectivity index (χ4n) is 3.71. The Kier molecular flexibility index (Phi) is 7.47. The summed E-state index contributed by atoms with van der Waals surface area (Å²) in [7, 11) is 1.51. The molecule has 1 aromatic heterocycles. The first-order valence-electron chi connectivity index (χ1n) is 10.4. The monoisotopic (exact) mass is 474 g/mol. The Morgan fingerprint density at radius 2 is 1.81 bits per heavy atom. The second-order valence-electron chi connectivity index (χ2n) is 9.13. The zero-order chi connectivity index (χ0) is 23.5. The van der Waals surface area contributed by atoms with Gasteiger partial charge < -0.3 is 10.1 Å². The van der Waals surface area contributed by atoms with Crippen molar-refractivity contribution in [1.82, 2.24) is 14.8 Å². The molecule has 0 bridgehead atoms. The maximum Gasteiger partial charge on any atom is 0.336 e. The lowest BCUT2D eigenvalue weighted by Gasteiger charge is -2.22. The average Bonchev–Trinajstić information content (AvgIpc) is 3.13. The van der Waals surface area contributed by atoms with Crippen molar-refractivity contribution in [3.8, 4) is 23.1 Å². The number of aromatic nitrogens is 3. The van der Waals surface area contributed by atoms with Gasteiger partial charge in [-0.1, -0.05) is 50.9 Å². The molecule has 0 aliphatic heterocycles. The number of carbonyl (C=O) groups is 1. The number of carbonyl (C=O) groups excluding carboxylic acids is 1. The minimum atomic E-state index is 0.00780. The van der Waals surface area contributed by atoms with Crippen LogP contribution in [0.2, 0.25) is 10.0 Å². The van der Waals surface area contributed by atoms with Gasteiger partial charge in [0, 0.05) is 17.7 Å². The van der Waals surface area contributed by atoms with Gasteiger partial charge in [-0.2, -0.15) is 4.98 Å². The van der Waals surface area contributed by atoms with Gasteiger partial charge in [-0.15, -0.1) is 5.10 Å². The van der Waals surface area contributed by atoms with Gasteiger partial charge in [0.2, 0.25) is 5.91 Å². The molecule has 0 saturated carbocycles. The zero-order valence-electron chi connectivity index (χ0n) is 18.9. The second-order valence-corrected chi connectivity index (χ2v) is 9.95. The fourth-order valence-corrected chi connectivity index (χ4v) is 4.01. The molecule has 6 nitrogen and oxygen atoms in total. The molecular formula is C24H28Cl2N4O2. The second kappa shape index (κ2) is 9.92. The van der Waals surface area contributed by atoms with E-state index in [2.05, 4.69) is 43.1 Å². The molecule has 1 amide bonds. The highest BCUT2D eigenvalue weighted by atomic mass is 35.5. The Morgan fingerprint density at radius 3 is 2.41 bits per heavy atom. The third kappa shape index (κ3) is 6.24. The Labute approximate surface area is 198 Å². The molecular weight excluding hydrogens is 447 g/mol. The number of hydrogen-bond donors (Lipinski definition) is 1. The minimum absolute atomic E-state index is 0.00780. The van der Waals surface area contributed by atoms with Crippen molar-refractivity contribution in [2.45, 2.75) is 40.5 Å². The first-order valence-corrected chi connectivity index (χ1v) is 11.2. The van der Waals surface area contributed by atoms with Crippen LogP contribution in [-0.4, -0.2) is 27.8 Å². The number of rotatable bonds is 7. The van der Waals surface area contributed by atoms with Crippen LogP contribution in [0, 0.1) is 11.3 Å².